The highest BCUT2D eigenvalue weighted by Crippen LogP contribution is 2.34. The SMILES string of the molecule is CCOc1cc(/C=C2\SC(=O)N(CC(=O)O[C@@H](C)CC)C2=O)ccc1OCC(=O)N1CCOCC1. The lowest BCUT2D eigenvalue weighted by Crippen LogP contribution is -2.43. The van der Waals surface area contributed by atoms with E-state index in [4.69, 9.17) is 18.9 Å². The second kappa shape index (κ2) is 12.6. The maximum atomic E-state index is 12.7. The number of imide groups is 1. The predicted molar refractivity (Wildman–Crippen MR) is 129 cm³/mol. The van der Waals surface area contributed by atoms with Gasteiger partial charge in [-0.05, 0) is 55.8 Å². The first kappa shape index (κ1) is 26.6. The minimum Gasteiger partial charge on any atom is -0.490 e. The van der Waals surface area contributed by atoms with Crippen LogP contribution in [0, 0.1) is 0 Å². The number of esters is 1. The van der Waals surface area contributed by atoms with Crippen molar-refractivity contribution >= 4 is 40.9 Å². The molecule has 10 nitrogen and oxygen atoms in total. The lowest BCUT2D eigenvalue weighted by Gasteiger charge is -2.26. The first-order valence-electron chi connectivity index (χ1n) is 11.5. The van der Waals surface area contributed by atoms with Crippen molar-refractivity contribution in [1.82, 2.24) is 9.80 Å². The Kier molecular flexibility index (Phi) is 9.55. The maximum absolute atomic E-state index is 12.7. The molecule has 1 atom stereocenters. The Morgan fingerprint density at radius 1 is 1.14 bits per heavy atom. The molecule has 0 radical (unpaired) electrons. The minimum atomic E-state index is -0.630. The summed E-state index contributed by atoms with van der Waals surface area (Å²) in [5.74, 6) is -0.524. The molecule has 0 saturated carbocycles. The number of nitrogens with zero attached hydrogens (tertiary/aromatic N) is 2. The number of amides is 3. The Morgan fingerprint density at radius 2 is 1.89 bits per heavy atom. The van der Waals surface area contributed by atoms with Crippen LogP contribution >= 0.6 is 11.8 Å². The van der Waals surface area contributed by atoms with Gasteiger partial charge in [-0.2, -0.15) is 0 Å². The van der Waals surface area contributed by atoms with Crippen LogP contribution < -0.4 is 9.47 Å². The predicted octanol–water partition coefficient (Wildman–Crippen LogP) is 2.70. The van der Waals surface area contributed by atoms with Crippen LogP contribution in [0.15, 0.2) is 23.1 Å². The highest BCUT2D eigenvalue weighted by Gasteiger charge is 2.37. The van der Waals surface area contributed by atoms with Gasteiger partial charge in [0.15, 0.2) is 18.1 Å². The van der Waals surface area contributed by atoms with Crippen molar-refractivity contribution in [3.8, 4) is 11.5 Å². The van der Waals surface area contributed by atoms with Crippen LogP contribution in [0.1, 0.15) is 32.8 Å². The van der Waals surface area contributed by atoms with Crippen LogP contribution in [-0.4, -0.2) is 85.0 Å². The quantitative estimate of drug-likeness (QED) is 0.349. The zero-order valence-corrected chi connectivity index (χ0v) is 20.9. The van der Waals surface area contributed by atoms with E-state index in [2.05, 4.69) is 0 Å². The molecule has 2 saturated heterocycles. The van der Waals surface area contributed by atoms with Crippen molar-refractivity contribution in [1.29, 1.82) is 0 Å². The monoisotopic (exact) mass is 506 g/mol. The number of carbonyl (C=O) groups is 4. The van der Waals surface area contributed by atoms with Gasteiger partial charge in [0.1, 0.15) is 6.54 Å². The number of benzene rings is 1. The molecule has 1 aromatic carbocycles. The lowest BCUT2D eigenvalue weighted by atomic mass is 10.2. The molecule has 190 valence electrons. The Bertz CT molecular complexity index is 990. The van der Waals surface area contributed by atoms with E-state index < -0.39 is 23.7 Å². The van der Waals surface area contributed by atoms with Crippen LogP contribution in [0.5, 0.6) is 11.5 Å². The standard InChI is InChI=1S/C24H30N2O8S/c1-4-16(3)34-22(28)14-26-23(29)20(35-24(26)30)13-17-6-7-18(19(12-17)32-5-2)33-15-21(27)25-8-10-31-11-9-25/h6-7,12-13,16H,4-5,8-11,14-15H2,1-3H3/b20-13-/t16-/m0/s1. The van der Waals surface area contributed by atoms with E-state index in [1.54, 1.807) is 36.1 Å². The van der Waals surface area contributed by atoms with Gasteiger partial charge >= 0.3 is 5.97 Å². The number of ether oxygens (including phenoxy) is 4. The third-order valence-electron chi connectivity index (χ3n) is 5.35. The fourth-order valence-corrected chi connectivity index (χ4v) is 4.15. The van der Waals surface area contributed by atoms with Gasteiger partial charge in [-0.15, -0.1) is 0 Å². The normalized spacial score (nSPS) is 18.1. The number of morpholine rings is 1. The Morgan fingerprint density at radius 3 is 2.57 bits per heavy atom. The van der Waals surface area contributed by atoms with Crippen molar-refractivity contribution in [3.63, 3.8) is 0 Å². The lowest BCUT2D eigenvalue weighted by molar-refractivity contribution is -0.150. The first-order chi connectivity index (χ1) is 16.8. The van der Waals surface area contributed by atoms with E-state index in [0.29, 0.717) is 56.4 Å². The van der Waals surface area contributed by atoms with Gasteiger partial charge in [0.05, 0.1) is 30.8 Å². The molecule has 2 aliphatic rings. The van der Waals surface area contributed by atoms with Crippen molar-refractivity contribution < 1.29 is 38.1 Å². The fraction of sp³-hybridized carbons (Fsp3) is 0.500. The van der Waals surface area contributed by atoms with Gasteiger partial charge in [0, 0.05) is 13.1 Å². The Hall–Kier alpha value is -3.05. The summed E-state index contributed by atoms with van der Waals surface area (Å²) in [6, 6.07) is 5.02. The third kappa shape index (κ3) is 7.22. The zero-order valence-electron chi connectivity index (χ0n) is 20.1. The first-order valence-corrected chi connectivity index (χ1v) is 12.3. The molecule has 2 heterocycles. The molecule has 0 aliphatic carbocycles. The molecule has 0 N–H and O–H groups in total. The zero-order chi connectivity index (χ0) is 25.4. The fourth-order valence-electron chi connectivity index (χ4n) is 3.31. The topological polar surface area (TPSA) is 112 Å². The summed E-state index contributed by atoms with van der Waals surface area (Å²) in [6.07, 6.45) is 1.90. The van der Waals surface area contributed by atoms with Crippen molar-refractivity contribution in [2.24, 2.45) is 0 Å². The molecule has 0 spiro atoms. The molecule has 0 aromatic heterocycles. The third-order valence-corrected chi connectivity index (χ3v) is 6.26. The number of rotatable bonds is 10. The molecular formula is C24H30N2O8S. The average molecular weight is 507 g/mol. The number of hydrogen-bond donors (Lipinski definition) is 0. The summed E-state index contributed by atoms with van der Waals surface area (Å²) in [7, 11) is 0. The van der Waals surface area contributed by atoms with Crippen LogP contribution in [0.3, 0.4) is 0 Å². The van der Waals surface area contributed by atoms with E-state index in [0.717, 1.165) is 16.7 Å². The van der Waals surface area contributed by atoms with Gasteiger partial charge in [-0.3, -0.25) is 24.1 Å². The second-order valence-corrected chi connectivity index (χ2v) is 8.89. The summed E-state index contributed by atoms with van der Waals surface area (Å²) in [5, 5.41) is -0.533. The van der Waals surface area contributed by atoms with Crippen LogP contribution in [0.4, 0.5) is 4.79 Å². The molecule has 2 fully saturated rings. The molecule has 0 unspecified atom stereocenters. The van der Waals surface area contributed by atoms with Crippen molar-refractivity contribution in [3.05, 3.63) is 28.7 Å². The van der Waals surface area contributed by atoms with Gasteiger partial charge in [0.25, 0.3) is 17.1 Å². The van der Waals surface area contributed by atoms with Gasteiger partial charge in [-0.1, -0.05) is 13.0 Å². The van der Waals surface area contributed by atoms with E-state index in [-0.39, 0.29) is 23.5 Å². The highest BCUT2D eigenvalue weighted by atomic mass is 32.2. The van der Waals surface area contributed by atoms with Gasteiger partial charge in [0.2, 0.25) is 0 Å². The highest BCUT2D eigenvalue weighted by molar-refractivity contribution is 8.18. The second-order valence-electron chi connectivity index (χ2n) is 7.90. The smallest absolute Gasteiger partial charge is 0.326 e. The molecule has 11 heteroatoms. The van der Waals surface area contributed by atoms with E-state index in [1.807, 2.05) is 13.8 Å². The van der Waals surface area contributed by atoms with Gasteiger partial charge in [-0.25, -0.2) is 0 Å². The van der Waals surface area contributed by atoms with Crippen LogP contribution in [0.2, 0.25) is 0 Å². The number of thioether (sulfide) groups is 1. The Labute approximate surface area is 208 Å². The van der Waals surface area contributed by atoms with Crippen molar-refractivity contribution in [2.75, 3.05) is 46.1 Å². The molecular weight excluding hydrogens is 476 g/mol. The summed E-state index contributed by atoms with van der Waals surface area (Å²) in [4.78, 5) is 52.2. The van der Waals surface area contributed by atoms with E-state index in [1.165, 1.54) is 0 Å². The van der Waals surface area contributed by atoms with Gasteiger partial charge < -0.3 is 23.8 Å². The maximum Gasteiger partial charge on any atom is 0.326 e. The van der Waals surface area contributed by atoms with E-state index in [9.17, 15) is 19.2 Å². The number of carbonyl (C=O) groups excluding carboxylic acids is 4. The number of hydrogen-bond acceptors (Lipinski definition) is 9. The molecule has 0 bridgehead atoms. The average Bonchev–Trinajstić information content (AvgIpc) is 3.11. The van der Waals surface area contributed by atoms with E-state index >= 15 is 0 Å². The summed E-state index contributed by atoms with van der Waals surface area (Å²) in [6.45, 7) is 7.32. The molecule has 1 aromatic rings. The summed E-state index contributed by atoms with van der Waals surface area (Å²) >= 11 is 0.755. The molecule has 3 amide bonds. The largest absolute Gasteiger partial charge is 0.490 e. The van der Waals surface area contributed by atoms with Crippen LogP contribution in [-0.2, 0) is 23.9 Å². The van der Waals surface area contributed by atoms with Crippen molar-refractivity contribution in [2.45, 2.75) is 33.3 Å². The minimum absolute atomic E-state index is 0.134. The Balaban J connectivity index is 1.67. The molecule has 2 aliphatic heterocycles. The van der Waals surface area contributed by atoms with Crippen LogP contribution in [0.25, 0.3) is 6.08 Å². The summed E-state index contributed by atoms with van der Waals surface area (Å²) < 4.78 is 21.8. The molecule has 3 rings (SSSR count). The molecule has 35 heavy (non-hydrogen) atoms. The summed E-state index contributed by atoms with van der Waals surface area (Å²) in [5.41, 5.74) is 0.605.